The molecule has 0 saturated heterocycles. The van der Waals surface area contributed by atoms with Crippen molar-refractivity contribution < 1.29 is 14.0 Å². The molecule has 1 aromatic heterocycles. The van der Waals surface area contributed by atoms with E-state index >= 15 is 0 Å². The summed E-state index contributed by atoms with van der Waals surface area (Å²) < 4.78 is 5.63. The van der Waals surface area contributed by atoms with Gasteiger partial charge in [0.25, 0.3) is 5.22 Å². The lowest BCUT2D eigenvalue weighted by Crippen LogP contribution is -2.45. The minimum atomic E-state index is -0.551. The van der Waals surface area contributed by atoms with Crippen molar-refractivity contribution in [2.45, 2.75) is 51.1 Å². The zero-order valence-electron chi connectivity index (χ0n) is 14.9. The first-order valence-electron chi connectivity index (χ1n) is 7.94. The normalized spacial score (nSPS) is 12.1. The molecule has 0 radical (unpaired) electrons. The van der Waals surface area contributed by atoms with Gasteiger partial charge < -0.3 is 9.73 Å². The first-order valence-corrected chi connectivity index (χ1v) is 8.82. The monoisotopic (exact) mass is 362 g/mol. The second kappa shape index (κ2) is 8.15. The zero-order valence-corrected chi connectivity index (χ0v) is 15.7. The van der Waals surface area contributed by atoms with Crippen molar-refractivity contribution in [3.63, 3.8) is 0 Å². The molecule has 1 heterocycles. The van der Waals surface area contributed by atoms with E-state index in [1.54, 1.807) is 6.92 Å². The fraction of sp³-hybridized carbons (Fsp3) is 0.412. The topological polar surface area (TPSA) is 97.1 Å². The van der Waals surface area contributed by atoms with Crippen LogP contribution in [0.15, 0.2) is 27.8 Å². The van der Waals surface area contributed by atoms with Gasteiger partial charge in [-0.05, 0) is 46.8 Å². The van der Waals surface area contributed by atoms with Gasteiger partial charge in [-0.2, -0.15) is 0 Å². The van der Waals surface area contributed by atoms with Gasteiger partial charge in [-0.15, -0.1) is 10.2 Å². The SMILES string of the molecule is Cc1cc(C)cc(-c2nnc(S[C@H](C)C(=O)NC(=O)NC(C)C)o2)c1. The molecule has 8 heteroatoms. The molecule has 0 saturated carbocycles. The Bertz CT molecular complexity index is 753. The molecule has 25 heavy (non-hydrogen) atoms. The number of rotatable bonds is 5. The van der Waals surface area contributed by atoms with Crippen LogP contribution >= 0.6 is 11.8 Å². The molecule has 0 aliphatic carbocycles. The largest absolute Gasteiger partial charge is 0.411 e. The number of carbonyl (C=O) groups is 2. The minimum absolute atomic E-state index is 0.0490. The number of aryl methyl sites for hydroxylation is 2. The fourth-order valence-corrected chi connectivity index (χ4v) is 2.87. The summed E-state index contributed by atoms with van der Waals surface area (Å²) in [7, 11) is 0. The van der Waals surface area contributed by atoms with E-state index in [-0.39, 0.29) is 11.3 Å². The summed E-state index contributed by atoms with van der Waals surface area (Å²) in [5.41, 5.74) is 3.04. The third-order valence-electron chi connectivity index (χ3n) is 3.18. The van der Waals surface area contributed by atoms with Gasteiger partial charge in [0, 0.05) is 11.6 Å². The van der Waals surface area contributed by atoms with E-state index in [2.05, 4.69) is 26.9 Å². The predicted octanol–water partition coefficient (Wildman–Crippen LogP) is 3.07. The molecule has 1 aromatic carbocycles. The molecule has 0 fully saturated rings. The van der Waals surface area contributed by atoms with Crippen LogP contribution < -0.4 is 10.6 Å². The van der Waals surface area contributed by atoms with Gasteiger partial charge in [-0.3, -0.25) is 10.1 Å². The van der Waals surface area contributed by atoms with Crippen molar-refractivity contribution >= 4 is 23.7 Å². The maximum Gasteiger partial charge on any atom is 0.321 e. The number of imide groups is 1. The third-order valence-corrected chi connectivity index (χ3v) is 4.11. The highest BCUT2D eigenvalue weighted by atomic mass is 32.2. The standard InChI is InChI=1S/C17H22N4O3S/c1-9(2)18-16(23)19-14(22)12(5)25-17-21-20-15(24-17)13-7-10(3)6-11(4)8-13/h6-9,12H,1-5H3,(H2,18,19,22,23)/t12-/m1/s1. The predicted molar refractivity (Wildman–Crippen MR) is 96.3 cm³/mol. The van der Waals surface area contributed by atoms with E-state index < -0.39 is 17.2 Å². The average molecular weight is 362 g/mol. The summed E-state index contributed by atoms with van der Waals surface area (Å²) in [6, 6.07) is 5.41. The van der Waals surface area contributed by atoms with Gasteiger partial charge in [0.2, 0.25) is 11.8 Å². The summed E-state index contributed by atoms with van der Waals surface area (Å²) >= 11 is 1.10. The molecular formula is C17H22N4O3S. The number of nitrogens with zero attached hydrogens (tertiary/aromatic N) is 2. The Hall–Kier alpha value is -2.35. The highest BCUT2D eigenvalue weighted by Crippen LogP contribution is 2.27. The first-order chi connectivity index (χ1) is 11.7. The zero-order chi connectivity index (χ0) is 18.6. The lowest BCUT2D eigenvalue weighted by atomic mass is 10.1. The van der Waals surface area contributed by atoms with Crippen LogP contribution in [-0.2, 0) is 4.79 Å². The lowest BCUT2D eigenvalue weighted by molar-refractivity contribution is -0.119. The van der Waals surface area contributed by atoms with Crippen LogP contribution in [0.4, 0.5) is 4.79 Å². The third kappa shape index (κ3) is 5.60. The molecule has 7 nitrogen and oxygen atoms in total. The number of urea groups is 1. The van der Waals surface area contributed by atoms with Gasteiger partial charge in [0.05, 0.1) is 5.25 Å². The van der Waals surface area contributed by atoms with E-state index in [1.165, 1.54) is 0 Å². The van der Waals surface area contributed by atoms with Crippen LogP contribution in [0.25, 0.3) is 11.5 Å². The molecular weight excluding hydrogens is 340 g/mol. The number of amides is 3. The number of hydrogen-bond donors (Lipinski definition) is 2. The Morgan fingerprint density at radius 3 is 2.32 bits per heavy atom. The number of carbonyl (C=O) groups excluding carboxylic acids is 2. The van der Waals surface area contributed by atoms with E-state index in [9.17, 15) is 9.59 Å². The molecule has 134 valence electrons. The van der Waals surface area contributed by atoms with Gasteiger partial charge in [0.15, 0.2) is 0 Å². The second-order valence-corrected chi connectivity index (χ2v) is 7.42. The van der Waals surface area contributed by atoms with Crippen LogP contribution in [0.3, 0.4) is 0 Å². The number of benzene rings is 1. The summed E-state index contributed by atoms with van der Waals surface area (Å²) in [4.78, 5) is 23.6. The van der Waals surface area contributed by atoms with Crippen LogP contribution in [-0.4, -0.2) is 33.4 Å². The molecule has 0 aliphatic heterocycles. The van der Waals surface area contributed by atoms with Gasteiger partial charge in [0.1, 0.15) is 0 Å². The maximum absolute atomic E-state index is 12.0. The van der Waals surface area contributed by atoms with Crippen molar-refractivity contribution in [2.75, 3.05) is 0 Å². The van der Waals surface area contributed by atoms with Gasteiger partial charge in [-0.1, -0.05) is 29.0 Å². The molecule has 1 atom stereocenters. The maximum atomic E-state index is 12.0. The van der Waals surface area contributed by atoms with E-state index in [1.807, 2.05) is 39.8 Å². The Kier molecular flexibility index (Phi) is 6.19. The van der Waals surface area contributed by atoms with Crippen LogP contribution in [0.1, 0.15) is 31.9 Å². The van der Waals surface area contributed by atoms with Crippen LogP contribution in [0.2, 0.25) is 0 Å². The Morgan fingerprint density at radius 2 is 1.72 bits per heavy atom. The van der Waals surface area contributed by atoms with E-state index in [0.29, 0.717) is 5.89 Å². The molecule has 3 amide bonds. The summed E-state index contributed by atoms with van der Waals surface area (Å²) in [5, 5.41) is 12.6. The smallest absolute Gasteiger partial charge is 0.321 e. The highest BCUT2D eigenvalue weighted by Gasteiger charge is 2.20. The molecule has 0 aliphatic rings. The van der Waals surface area contributed by atoms with Crippen molar-refractivity contribution in [3.05, 3.63) is 29.3 Å². The van der Waals surface area contributed by atoms with Crippen LogP contribution in [0.5, 0.6) is 0 Å². The second-order valence-electron chi connectivity index (χ2n) is 6.13. The molecule has 0 unspecified atom stereocenters. The summed E-state index contributed by atoms with van der Waals surface area (Å²) in [6.45, 7) is 9.29. The number of aromatic nitrogens is 2. The van der Waals surface area contributed by atoms with Crippen molar-refractivity contribution in [2.24, 2.45) is 0 Å². The quantitative estimate of drug-likeness (QED) is 0.794. The molecule has 2 N–H and O–H groups in total. The first kappa shape index (κ1) is 19.0. The number of nitrogens with one attached hydrogen (secondary N) is 2. The summed E-state index contributed by atoms with van der Waals surface area (Å²) in [6.07, 6.45) is 0. The van der Waals surface area contributed by atoms with Crippen molar-refractivity contribution in [1.29, 1.82) is 0 Å². The molecule has 0 spiro atoms. The van der Waals surface area contributed by atoms with Gasteiger partial charge in [-0.25, -0.2) is 4.79 Å². The van der Waals surface area contributed by atoms with Gasteiger partial charge >= 0.3 is 6.03 Å². The Labute approximate surface area is 151 Å². The summed E-state index contributed by atoms with van der Waals surface area (Å²) in [5.74, 6) is -0.0197. The van der Waals surface area contributed by atoms with E-state index in [4.69, 9.17) is 4.42 Å². The van der Waals surface area contributed by atoms with Crippen molar-refractivity contribution in [1.82, 2.24) is 20.8 Å². The van der Waals surface area contributed by atoms with Crippen LogP contribution in [0, 0.1) is 13.8 Å². The number of hydrogen-bond acceptors (Lipinski definition) is 6. The number of thioether (sulfide) groups is 1. The average Bonchev–Trinajstić information content (AvgIpc) is 2.93. The Balaban J connectivity index is 2.00. The van der Waals surface area contributed by atoms with E-state index in [0.717, 1.165) is 28.5 Å². The Morgan fingerprint density at radius 1 is 1.08 bits per heavy atom. The molecule has 0 bridgehead atoms. The molecule has 2 rings (SSSR count). The highest BCUT2D eigenvalue weighted by molar-refractivity contribution is 8.00. The lowest BCUT2D eigenvalue weighted by Gasteiger charge is -2.11. The van der Waals surface area contributed by atoms with Crippen molar-refractivity contribution in [3.8, 4) is 11.5 Å². The molecule has 2 aromatic rings. The fourth-order valence-electron chi connectivity index (χ4n) is 2.19. The minimum Gasteiger partial charge on any atom is -0.411 e.